The van der Waals surface area contributed by atoms with Crippen LogP contribution in [0.3, 0.4) is 0 Å². The van der Waals surface area contributed by atoms with Crippen molar-refractivity contribution in [2.45, 2.75) is 25.3 Å². The molecular weight excluding hydrogens is 373 g/mol. The van der Waals surface area contributed by atoms with Crippen molar-refractivity contribution in [3.8, 4) is 0 Å². The third-order valence-electron chi connectivity index (χ3n) is 3.77. The van der Waals surface area contributed by atoms with Crippen LogP contribution in [-0.2, 0) is 6.18 Å². The van der Waals surface area contributed by atoms with Crippen LogP contribution in [0.4, 0.5) is 13.2 Å². The zero-order chi connectivity index (χ0) is 17.2. The second-order valence-electron chi connectivity index (χ2n) is 5.42. The van der Waals surface area contributed by atoms with Gasteiger partial charge in [0.15, 0.2) is 0 Å². The summed E-state index contributed by atoms with van der Waals surface area (Å²) in [6, 6.07) is 11.4. The van der Waals surface area contributed by atoms with Crippen molar-refractivity contribution in [3.05, 3.63) is 69.7 Å². The van der Waals surface area contributed by atoms with Crippen LogP contribution in [-0.4, -0.2) is 10.2 Å². The van der Waals surface area contributed by atoms with Gasteiger partial charge in [-0.2, -0.15) is 13.2 Å². The summed E-state index contributed by atoms with van der Waals surface area (Å²) in [6.07, 6.45) is -6.43. The van der Waals surface area contributed by atoms with Crippen LogP contribution in [0.5, 0.6) is 0 Å². The Morgan fingerprint density at radius 1 is 0.913 bits per heavy atom. The van der Waals surface area contributed by atoms with E-state index in [2.05, 4.69) is 15.9 Å². The van der Waals surface area contributed by atoms with Crippen molar-refractivity contribution in [2.75, 3.05) is 0 Å². The lowest BCUT2D eigenvalue weighted by molar-refractivity contribution is -0.137. The molecule has 6 heteroatoms. The van der Waals surface area contributed by atoms with Crippen LogP contribution in [0.1, 0.15) is 35.8 Å². The third-order valence-corrected chi connectivity index (χ3v) is 4.26. The third kappa shape index (κ3) is 4.34. The molecule has 0 amide bonds. The Bertz CT molecular complexity index is 656. The van der Waals surface area contributed by atoms with Gasteiger partial charge in [0, 0.05) is 10.4 Å². The Labute approximate surface area is 140 Å². The van der Waals surface area contributed by atoms with E-state index in [1.165, 1.54) is 12.1 Å². The van der Waals surface area contributed by atoms with Crippen LogP contribution < -0.4 is 0 Å². The molecule has 0 fully saturated rings. The van der Waals surface area contributed by atoms with E-state index in [9.17, 15) is 23.4 Å². The SMILES string of the molecule is C[C@@H]([C@H](O)c1ccc(C(F)(F)F)cc1)[C@H](O)c1cccc(Br)c1. The molecule has 0 aromatic heterocycles. The van der Waals surface area contributed by atoms with Crippen molar-refractivity contribution in [1.29, 1.82) is 0 Å². The maximum atomic E-state index is 12.6. The minimum absolute atomic E-state index is 0.333. The molecule has 0 aliphatic rings. The number of benzene rings is 2. The van der Waals surface area contributed by atoms with Crippen LogP contribution in [0.15, 0.2) is 53.0 Å². The maximum absolute atomic E-state index is 12.6. The molecule has 0 heterocycles. The zero-order valence-electron chi connectivity index (χ0n) is 12.3. The highest BCUT2D eigenvalue weighted by atomic mass is 79.9. The lowest BCUT2D eigenvalue weighted by atomic mass is 9.88. The Morgan fingerprint density at radius 3 is 2.00 bits per heavy atom. The molecule has 2 nitrogen and oxygen atoms in total. The molecule has 0 saturated heterocycles. The average Bonchev–Trinajstić information content (AvgIpc) is 2.52. The van der Waals surface area contributed by atoms with Gasteiger partial charge in [0.05, 0.1) is 17.8 Å². The first-order valence-electron chi connectivity index (χ1n) is 6.99. The summed E-state index contributed by atoms with van der Waals surface area (Å²) in [4.78, 5) is 0. The number of hydrogen-bond acceptors (Lipinski definition) is 2. The van der Waals surface area contributed by atoms with Crippen LogP contribution in [0.25, 0.3) is 0 Å². The smallest absolute Gasteiger partial charge is 0.388 e. The summed E-state index contributed by atoms with van der Waals surface area (Å²) in [7, 11) is 0. The Morgan fingerprint density at radius 2 is 1.48 bits per heavy atom. The van der Waals surface area contributed by atoms with Gasteiger partial charge < -0.3 is 10.2 Å². The molecule has 23 heavy (non-hydrogen) atoms. The predicted molar refractivity (Wildman–Crippen MR) is 84.7 cm³/mol. The minimum atomic E-state index is -4.41. The molecule has 2 aromatic carbocycles. The maximum Gasteiger partial charge on any atom is 0.416 e. The first-order valence-corrected chi connectivity index (χ1v) is 7.78. The molecule has 124 valence electrons. The lowest BCUT2D eigenvalue weighted by Crippen LogP contribution is -2.18. The normalized spacial score (nSPS) is 16.0. The van der Waals surface area contributed by atoms with Gasteiger partial charge in [-0.1, -0.05) is 47.1 Å². The first-order chi connectivity index (χ1) is 10.7. The van der Waals surface area contributed by atoms with Crippen LogP contribution >= 0.6 is 15.9 Å². The van der Waals surface area contributed by atoms with Gasteiger partial charge in [0.1, 0.15) is 0 Å². The fourth-order valence-electron chi connectivity index (χ4n) is 2.34. The number of hydrogen-bond donors (Lipinski definition) is 2. The summed E-state index contributed by atoms with van der Waals surface area (Å²) in [5, 5.41) is 20.7. The number of aliphatic hydroxyl groups excluding tert-OH is 2. The minimum Gasteiger partial charge on any atom is -0.388 e. The number of halogens is 4. The van der Waals surface area contributed by atoms with Crippen LogP contribution in [0, 0.1) is 5.92 Å². The molecule has 0 spiro atoms. The molecule has 0 bridgehead atoms. The summed E-state index contributed by atoms with van der Waals surface area (Å²) in [5.74, 6) is -0.582. The molecule has 0 saturated carbocycles. The van der Waals surface area contributed by atoms with Crippen molar-refractivity contribution in [1.82, 2.24) is 0 Å². The summed E-state index contributed by atoms with van der Waals surface area (Å²) < 4.78 is 38.5. The molecule has 0 unspecified atom stereocenters. The van der Waals surface area contributed by atoms with Gasteiger partial charge in [-0.3, -0.25) is 0 Å². The highest BCUT2D eigenvalue weighted by Crippen LogP contribution is 2.35. The zero-order valence-corrected chi connectivity index (χ0v) is 13.8. The van der Waals surface area contributed by atoms with Gasteiger partial charge in [-0.05, 0) is 35.4 Å². The van der Waals surface area contributed by atoms with Crippen molar-refractivity contribution in [2.24, 2.45) is 5.92 Å². The predicted octanol–water partition coefficient (Wildman–Crippen LogP) is 4.87. The van der Waals surface area contributed by atoms with E-state index in [1.807, 2.05) is 6.07 Å². The van der Waals surface area contributed by atoms with E-state index in [0.717, 1.165) is 16.6 Å². The Kier molecular flexibility index (Phi) is 5.49. The van der Waals surface area contributed by atoms with E-state index in [0.29, 0.717) is 11.1 Å². The number of alkyl halides is 3. The molecule has 0 aliphatic carbocycles. The van der Waals surface area contributed by atoms with E-state index in [1.54, 1.807) is 25.1 Å². The highest BCUT2D eigenvalue weighted by Gasteiger charge is 2.31. The first kappa shape index (κ1) is 18.0. The standard InChI is InChI=1S/C17H16BrF3O2/c1-10(16(23)12-3-2-4-14(18)9-12)15(22)11-5-7-13(8-6-11)17(19,20)21/h2-10,15-16,22-23H,1H3/t10-,15-,16-/m0/s1. The van der Waals surface area contributed by atoms with E-state index < -0.39 is 29.9 Å². The van der Waals surface area contributed by atoms with Gasteiger partial charge >= 0.3 is 6.18 Å². The second-order valence-corrected chi connectivity index (χ2v) is 6.34. The number of aliphatic hydroxyl groups is 2. The number of rotatable bonds is 4. The van der Waals surface area contributed by atoms with Gasteiger partial charge in [0.2, 0.25) is 0 Å². The Hall–Kier alpha value is -1.37. The lowest BCUT2D eigenvalue weighted by Gasteiger charge is -2.25. The molecule has 2 aromatic rings. The van der Waals surface area contributed by atoms with E-state index in [-0.39, 0.29) is 0 Å². The molecule has 2 N–H and O–H groups in total. The summed E-state index contributed by atoms with van der Waals surface area (Å²) in [5.41, 5.74) is 0.186. The van der Waals surface area contributed by atoms with E-state index >= 15 is 0 Å². The quantitative estimate of drug-likeness (QED) is 0.783. The summed E-state index contributed by atoms with van der Waals surface area (Å²) in [6.45, 7) is 1.65. The average molecular weight is 389 g/mol. The van der Waals surface area contributed by atoms with Gasteiger partial charge in [0.25, 0.3) is 0 Å². The van der Waals surface area contributed by atoms with E-state index in [4.69, 9.17) is 0 Å². The van der Waals surface area contributed by atoms with Crippen molar-refractivity contribution >= 4 is 15.9 Å². The molecule has 3 atom stereocenters. The Balaban J connectivity index is 2.17. The fourth-order valence-corrected chi connectivity index (χ4v) is 2.76. The van der Waals surface area contributed by atoms with Crippen LogP contribution in [0.2, 0.25) is 0 Å². The molecule has 0 radical (unpaired) electrons. The largest absolute Gasteiger partial charge is 0.416 e. The van der Waals surface area contributed by atoms with Gasteiger partial charge in [-0.15, -0.1) is 0 Å². The van der Waals surface area contributed by atoms with Crippen molar-refractivity contribution < 1.29 is 23.4 Å². The second kappa shape index (κ2) is 7.03. The monoisotopic (exact) mass is 388 g/mol. The van der Waals surface area contributed by atoms with Crippen molar-refractivity contribution in [3.63, 3.8) is 0 Å². The molecule has 0 aliphatic heterocycles. The molecular formula is C17H16BrF3O2. The summed E-state index contributed by atoms with van der Waals surface area (Å²) >= 11 is 3.31. The fraction of sp³-hybridized carbons (Fsp3) is 0.294. The highest BCUT2D eigenvalue weighted by molar-refractivity contribution is 9.10. The topological polar surface area (TPSA) is 40.5 Å². The molecule has 2 rings (SSSR count). The van der Waals surface area contributed by atoms with Gasteiger partial charge in [-0.25, -0.2) is 0 Å².